The second-order valence-corrected chi connectivity index (χ2v) is 23.8. The van der Waals surface area contributed by atoms with Gasteiger partial charge in [0.1, 0.15) is 23.4 Å². The van der Waals surface area contributed by atoms with E-state index in [1.54, 1.807) is 24.3 Å². The van der Waals surface area contributed by atoms with Crippen molar-refractivity contribution in [2.75, 3.05) is 19.8 Å². The van der Waals surface area contributed by atoms with Crippen LogP contribution < -0.4 is 19.6 Å². The van der Waals surface area contributed by atoms with Crippen LogP contribution in [0.4, 0.5) is 0 Å². The van der Waals surface area contributed by atoms with E-state index in [2.05, 4.69) is 64.2 Å². The van der Waals surface area contributed by atoms with Gasteiger partial charge >= 0.3 is 5.97 Å². The minimum atomic E-state index is -0.417. The summed E-state index contributed by atoms with van der Waals surface area (Å²) in [5.41, 5.74) is 8.68. The van der Waals surface area contributed by atoms with Gasteiger partial charge in [0.25, 0.3) is 5.91 Å². The van der Waals surface area contributed by atoms with Crippen LogP contribution in [0.3, 0.4) is 0 Å². The maximum atomic E-state index is 13.1. The summed E-state index contributed by atoms with van der Waals surface area (Å²) in [7, 11) is 0. The monoisotopic (exact) mass is 1020 g/mol. The number of nitrogens with one attached hydrogen (secondary N) is 1. The Morgan fingerprint density at radius 3 is 2.16 bits per heavy atom. The Labute approximate surface area is 451 Å². The van der Waals surface area contributed by atoms with E-state index in [0.29, 0.717) is 29.1 Å². The molecule has 4 aliphatic rings. The largest absolute Gasteiger partial charge is 0.493 e. The fourth-order valence-corrected chi connectivity index (χ4v) is 13.8. The molecule has 7 rings (SSSR count). The number of fused-ring (bicyclic) bond motifs is 5. The molecule has 0 heterocycles. The topological polar surface area (TPSA) is 119 Å². The summed E-state index contributed by atoms with van der Waals surface area (Å²) >= 11 is 0. The van der Waals surface area contributed by atoms with Crippen LogP contribution in [0.5, 0.6) is 17.2 Å². The summed E-state index contributed by atoms with van der Waals surface area (Å²) in [6.07, 6.45) is 32.3. The van der Waals surface area contributed by atoms with Crippen LogP contribution in [-0.4, -0.2) is 44.0 Å². The zero-order valence-electron chi connectivity index (χ0n) is 46.9. The molecule has 1 N–H and O–H groups in total. The highest BCUT2D eigenvalue weighted by Gasteiger charge is 2.59. The molecule has 1 amide bonds. The fourth-order valence-electron chi connectivity index (χ4n) is 13.8. The van der Waals surface area contributed by atoms with Gasteiger partial charge in [0, 0.05) is 6.42 Å². The Hall–Kier alpha value is -5.36. The zero-order chi connectivity index (χ0) is 53.2. The number of carbonyl (C=O) groups is 2. The number of aryl methyl sites for hydroxylation is 1. The summed E-state index contributed by atoms with van der Waals surface area (Å²) < 4.78 is 23.8. The number of allylic oxidation sites excluding steroid dienone is 2. The highest BCUT2D eigenvalue weighted by atomic mass is 16.6. The third-order valence-electron chi connectivity index (χ3n) is 18.1. The highest BCUT2D eigenvalue weighted by Crippen LogP contribution is 2.67. The summed E-state index contributed by atoms with van der Waals surface area (Å²) in [6.45, 7) is 17.1. The summed E-state index contributed by atoms with van der Waals surface area (Å²) in [6, 6.07) is 22.6. The van der Waals surface area contributed by atoms with Crippen molar-refractivity contribution in [3.05, 3.63) is 101 Å². The molecule has 0 aromatic heterocycles. The van der Waals surface area contributed by atoms with Crippen LogP contribution in [0.15, 0.2) is 83.5 Å². The van der Waals surface area contributed by atoms with E-state index < -0.39 is 5.91 Å². The molecule has 406 valence electrons. The Morgan fingerprint density at radius 2 is 1.45 bits per heavy atom. The van der Waals surface area contributed by atoms with Gasteiger partial charge in [0.05, 0.1) is 24.5 Å². The molecular weight excluding hydrogens is 931 g/mol. The molecule has 3 aromatic rings. The Kier molecular flexibility index (Phi) is 21.5. The van der Waals surface area contributed by atoms with Crippen LogP contribution in [0.25, 0.3) is 11.6 Å². The van der Waals surface area contributed by atoms with Gasteiger partial charge in [0.2, 0.25) is 0 Å². The van der Waals surface area contributed by atoms with Crippen molar-refractivity contribution in [1.82, 2.24) is 5.43 Å². The molecule has 8 atom stereocenters. The zero-order valence-corrected chi connectivity index (χ0v) is 46.9. The third kappa shape index (κ3) is 15.9. The van der Waals surface area contributed by atoms with E-state index in [4.69, 9.17) is 18.9 Å². The van der Waals surface area contributed by atoms with Gasteiger partial charge in [0.15, 0.2) is 13.2 Å². The van der Waals surface area contributed by atoms with Gasteiger partial charge in [-0.2, -0.15) is 10.4 Å². The molecular formula is C66H91N3O6. The van der Waals surface area contributed by atoms with E-state index in [-0.39, 0.29) is 30.7 Å². The molecule has 9 heteroatoms. The van der Waals surface area contributed by atoms with Crippen LogP contribution in [-0.2, 0) is 14.3 Å². The number of amides is 1. The van der Waals surface area contributed by atoms with Crippen LogP contribution in [0.2, 0.25) is 0 Å². The number of hydrogen-bond acceptors (Lipinski definition) is 8. The number of rotatable bonds is 28. The average molecular weight is 1020 g/mol. The summed E-state index contributed by atoms with van der Waals surface area (Å²) in [4.78, 5) is 25.6. The Balaban J connectivity index is 0.783. The van der Waals surface area contributed by atoms with Crippen LogP contribution in [0, 0.1) is 64.6 Å². The number of esters is 1. The lowest BCUT2D eigenvalue weighted by molar-refractivity contribution is -0.154. The van der Waals surface area contributed by atoms with Crippen molar-refractivity contribution in [1.29, 1.82) is 5.26 Å². The lowest BCUT2D eigenvalue weighted by atomic mass is 9.47. The van der Waals surface area contributed by atoms with E-state index in [1.165, 1.54) is 121 Å². The predicted octanol–water partition coefficient (Wildman–Crippen LogP) is 16.2. The number of carbonyl (C=O) groups excluding carboxylic acids is 2. The summed E-state index contributed by atoms with van der Waals surface area (Å²) in [5.74, 6) is 5.97. The molecule has 0 unspecified atom stereocenters. The first-order chi connectivity index (χ1) is 36.3. The van der Waals surface area contributed by atoms with Crippen LogP contribution >= 0.6 is 0 Å². The SMILES string of the molecule is CCCCCCCCCCCCOc1cc(/C=C(\C#N)c2ccc(OCC(=O)N/N=C/c3ccc(OCC(=O)O[C@H]4CC[C@@]5(C)C(=CC[C@H]6[C@@H]7CC[C@H]([C@H](C)CCCC(C)C)[C@@]7(C)CC[C@@H]65)C4)cc3)cc2)ccc1C. The summed E-state index contributed by atoms with van der Waals surface area (Å²) in [5, 5.41) is 14.1. The van der Waals surface area contributed by atoms with Crippen molar-refractivity contribution in [2.45, 2.75) is 189 Å². The van der Waals surface area contributed by atoms with Crippen molar-refractivity contribution in [3.8, 4) is 23.3 Å². The van der Waals surface area contributed by atoms with Gasteiger partial charge in [-0.05, 0) is 188 Å². The lowest BCUT2D eigenvalue weighted by Crippen LogP contribution is -2.51. The van der Waals surface area contributed by atoms with Gasteiger partial charge < -0.3 is 18.9 Å². The molecule has 0 saturated heterocycles. The number of hydrogen-bond donors (Lipinski definition) is 1. The second kappa shape index (κ2) is 28.1. The quantitative estimate of drug-likeness (QED) is 0.0146. The number of ether oxygens (including phenoxy) is 4. The Bertz CT molecular complexity index is 2430. The molecule has 3 saturated carbocycles. The molecule has 0 spiro atoms. The van der Waals surface area contributed by atoms with E-state index in [0.717, 1.165) is 89.2 Å². The third-order valence-corrected chi connectivity index (χ3v) is 18.1. The van der Waals surface area contributed by atoms with Gasteiger partial charge in [-0.3, -0.25) is 4.79 Å². The molecule has 3 fully saturated rings. The smallest absolute Gasteiger partial charge is 0.344 e. The molecule has 0 aliphatic heterocycles. The average Bonchev–Trinajstić information content (AvgIpc) is 3.79. The molecule has 75 heavy (non-hydrogen) atoms. The number of nitrogens with zero attached hydrogens (tertiary/aromatic N) is 2. The van der Waals surface area contributed by atoms with Crippen LogP contribution in [0.1, 0.15) is 199 Å². The molecule has 0 bridgehead atoms. The first-order valence-electron chi connectivity index (χ1n) is 29.3. The standard InChI is InChI=1S/C66H91N3O6/c1-8-9-10-11-12-13-14-15-16-17-39-72-62-41-51(22-21-49(62)5)40-53(43-67)52-25-30-56(31-26-52)73-45-63(70)69-68-44-50-23-28-55(29-24-50)74-46-64(71)75-57-35-37-65(6)54(42-57)27-32-58-60-34-33-59(48(4)20-18-19-47(2)3)66(60,7)38-36-61(58)65/h21-31,40-41,44,47-48,57-61H,8-20,32-39,42,45-46H2,1-7H3,(H,69,70)/b53-40+,68-44+/t48-,57+,58+,59-,60+,61+,65+,66-/m1/s1. The van der Waals surface area contributed by atoms with Gasteiger partial charge in [-0.15, -0.1) is 0 Å². The van der Waals surface area contributed by atoms with Crippen molar-refractivity contribution >= 4 is 29.7 Å². The molecule has 0 radical (unpaired) electrons. The minimum Gasteiger partial charge on any atom is -0.493 e. The first-order valence-corrected chi connectivity index (χ1v) is 29.3. The number of nitriles is 1. The normalized spacial score (nSPS) is 24.6. The van der Waals surface area contributed by atoms with Crippen molar-refractivity contribution in [3.63, 3.8) is 0 Å². The second-order valence-electron chi connectivity index (χ2n) is 23.8. The van der Waals surface area contributed by atoms with E-state index in [1.807, 2.05) is 55.5 Å². The lowest BCUT2D eigenvalue weighted by Gasteiger charge is -2.58. The van der Waals surface area contributed by atoms with E-state index >= 15 is 0 Å². The molecule has 4 aliphatic carbocycles. The maximum absolute atomic E-state index is 13.1. The van der Waals surface area contributed by atoms with Gasteiger partial charge in [-0.25, -0.2) is 10.2 Å². The maximum Gasteiger partial charge on any atom is 0.344 e. The number of hydrazone groups is 1. The van der Waals surface area contributed by atoms with Crippen molar-refractivity contribution < 1.29 is 28.5 Å². The van der Waals surface area contributed by atoms with E-state index in [9.17, 15) is 14.9 Å². The molecule has 9 nitrogen and oxygen atoms in total. The van der Waals surface area contributed by atoms with Gasteiger partial charge in [-0.1, -0.05) is 142 Å². The minimum absolute atomic E-state index is 0.109. The number of benzene rings is 3. The first kappa shape index (κ1) is 57.3. The number of unbranched alkanes of at least 4 members (excludes halogenated alkanes) is 9. The molecule has 3 aromatic carbocycles. The highest BCUT2D eigenvalue weighted by molar-refractivity contribution is 5.90. The fraction of sp³-hybridized carbons (Fsp3) is 0.606. The van der Waals surface area contributed by atoms with Crippen molar-refractivity contribution in [2.24, 2.45) is 51.4 Å². The predicted molar refractivity (Wildman–Crippen MR) is 305 cm³/mol. The Morgan fingerprint density at radius 1 is 0.773 bits per heavy atom.